The number of hydrogen-bond donors (Lipinski definition) is 1. The summed E-state index contributed by atoms with van der Waals surface area (Å²) in [5, 5.41) is 0. The monoisotopic (exact) mass is 167 g/mol. The number of thiophene rings is 1. The van der Waals surface area contributed by atoms with Gasteiger partial charge in [0.15, 0.2) is 0 Å². The molecule has 0 saturated heterocycles. The van der Waals surface area contributed by atoms with Crippen molar-refractivity contribution in [1.82, 2.24) is 0 Å². The lowest BCUT2D eigenvalue weighted by molar-refractivity contribution is 0.815. The van der Waals surface area contributed by atoms with Crippen LogP contribution in [0.1, 0.15) is 22.1 Å². The van der Waals surface area contributed by atoms with Crippen molar-refractivity contribution in [3.05, 3.63) is 21.9 Å². The van der Waals surface area contributed by atoms with Crippen LogP contribution >= 0.6 is 11.3 Å². The van der Waals surface area contributed by atoms with Gasteiger partial charge in [-0.2, -0.15) is 0 Å². The fraction of sp³-hybridized carbons (Fsp3) is 0.556. The summed E-state index contributed by atoms with van der Waals surface area (Å²) >= 11 is 1.92. The minimum Gasteiger partial charge on any atom is -0.330 e. The Bertz CT molecular complexity index is 254. The van der Waals surface area contributed by atoms with Gasteiger partial charge in [-0.05, 0) is 43.9 Å². The predicted octanol–water partition coefficient (Wildman–Crippen LogP) is 2.12. The molecule has 1 saturated carbocycles. The minimum absolute atomic E-state index is 0.785. The number of aryl methyl sites for hydroxylation is 1. The average molecular weight is 167 g/mol. The Hall–Kier alpha value is -0.340. The molecular formula is C9H13NS. The standard InChI is InChI=1S/C9H13NS/c1-6-2-3-9(11-6)8-4-7(8)5-10/h2-3,7-8H,4-5,10H2,1H3. The average Bonchev–Trinajstić information content (AvgIpc) is 2.68. The van der Waals surface area contributed by atoms with E-state index >= 15 is 0 Å². The molecule has 1 heterocycles. The maximum absolute atomic E-state index is 5.57. The zero-order valence-electron chi connectivity index (χ0n) is 6.71. The quantitative estimate of drug-likeness (QED) is 0.717. The molecular weight excluding hydrogens is 154 g/mol. The van der Waals surface area contributed by atoms with Crippen molar-refractivity contribution in [3.63, 3.8) is 0 Å². The van der Waals surface area contributed by atoms with Crippen LogP contribution in [0.3, 0.4) is 0 Å². The molecule has 11 heavy (non-hydrogen) atoms. The van der Waals surface area contributed by atoms with Crippen LogP contribution in [0.15, 0.2) is 12.1 Å². The second-order valence-electron chi connectivity index (χ2n) is 3.29. The predicted molar refractivity (Wildman–Crippen MR) is 49.0 cm³/mol. The number of nitrogens with two attached hydrogens (primary N) is 1. The summed E-state index contributed by atoms with van der Waals surface area (Å²) in [5.41, 5.74) is 5.57. The second kappa shape index (κ2) is 2.61. The lowest BCUT2D eigenvalue weighted by atomic mass is 10.3. The van der Waals surface area contributed by atoms with Crippen LogP contribution in [-0.4, -0.2) is 6.54 Å². The molecule has 60 valence electrons. The van der Waals surface area contributed by atoms with Crippen LogP contribution < -0.4 is 5.73 Å². The van der Waals surface area contributed by atoms with Gasteiger partial charge in [-0.3, -0.25) is 0 Å². The molecule has 1 aliphatic carbocycles. The van der Waals surface area contributed by atoms with E-state index in [0.717, 1.165) is 18.4 Å². The first kappa shape index (κ1) is 7.32. The zero-order chi connectivity index (χ0) is 7.84. The maximum atomic E-state index is 5.57. The molecule has 0 amide bonds. The summed E-state index contributed by atoms with van der Waals surface area (Å²) in [5.74, 6) is 1.59. The maximum Gasteiger partial charge on any atom is 0.00823 e. The van der Waals surface area contributed by atoms with Gasteiger partial charge in [0, 0.05) is 9.75 Å². The first-order valence-electron chi connectivity index (χ1n) is 4.07. The molecule has 2 heteroatoms. The highest BCUT2D eigenvalue weighted by molar-refractivity contribution is 7.12. The van der Waals surface area contributed by atoms with Gasteiger partial charge in [0.1, 0.15) is 0 Å². The Balaban J connectivity index is 2.08. The molecule has 0 aliphatic heterocycles. The second-order valence-corrected chi connectivity index (χ2v) is 4.61. The van der Waals surface area contributed by atoms with Gasteiger partial charge < -0.3 is 5.73 Å². The van der Waals surface area contributed by atoms with Gasteiger partial charge in [-0.1, -0.05) is 0 Å². The molecule has 2 rings (SSSR count). The van der Waals surface area contributed by atoms with Crippen molar-refractivity contribution in [2.45, 2.75) is 19.3 Å². The van der Waals surface area contributed by atoms with Gasteiger partial charge in [-0.25, -0.2) is 0 Å². The van der Waals surface area contributed by atoms with Crippen LogP contribution in [0, 0.1) is 12.8 Å². The van der Waals surface area contributed by atoms with Crippen molar-refractivity contribution in [3.8, 4) is 0 Å². The molecule has 1 nitrogen and oxygen atoms in total. The topological polar surface area (TPSA) is 26.0 Å². The minimum atomic E-state index is 0.785. The fourth-order valence-corrected chi connectivity index (χ4v) is 2.59. The Morgan fingerprint density at radius 2 is 2.45 bits per heavy atom. The molecule has 1 fully saturated rings. The van der Waals surface area contributed by atoms with E-state index in [-0.39, 0.29) is 0 Å². The summed E-state index contributed by atoms with van der Waals surface area (Å²) in [4.78, 5) is 2.96. The van der Waals surface area contributed by atoms with Crippen LogP contribution in [0.5, 0.6) is 0 Å². The summed E-state index contributed by atoms with van der Waals surface area (Å²) in [7, 11) is 0. The van der Waals surface area contributed by atoms with Gasteiger partial charge in [0.2, 0.25) is 0 Å². The summed E-state index contributed by atoms with van der Waals surface area (Å²) < 4.78 is 0. The molecule has 1 aliphatic rings. The van der Waals surface area contributed by atoms with Crippen LogP contribution in [0.4, 0.5) is 0 Å². The van der Waals surface area contributed by atoms with Crippen molar-refractivity contribution in [2.75, 3.05) is 6.54 Å². The third-order valence-corrected chi connectivity index (χ3v) is 3.48. The molecule has 0 radical (unpaired) electrons. The van der Waals surface area contributed by atoms with E-state index in [1.165, 1.54) is 16.2 Å². The van der Waals surface area contributed by atoms with E-state index in [2.05, 4.69) is 19.1 Å². The first-order valence-corrected chi connectivity index (χ1v) is 4.89. The van der Waals surface area contributed by atoms with Crippen molar-refractivity contribution in [1.29, 1.82) is 0 Å². The van der Waals surface area contributed by atoms with Crippen molar-refractivity contribution < 1.29 is 0 Å². The SMILES string of the molecule is Cc1ccc(C2CC2CN)s1. The van der Waals surface area contributed by atoms with E-state index in [0.29, 0.717) is 0 Å². The van der Waals surface area contributed by atoms with Gasteiger partial charge in [0.05, 0.1) is 0 Å². The largest absolute Gasteiger partial charge is 0.330 e. The molecule has 2 unspecified atom stereocenters. The number of rotatable bonds is 2. The van der Waals surface area contributed by atoms with Gasteiger partial charge in [-0.15, -0.1) is 11.3 Å². The Labute approximate surface area is 71.2 Å². The summed E-state index contributed by atoms with van der Waals surface area (Å²) in [6.45, 7) is 3.02. The lowest BCUT2D eigenvalue weighted by Gasteiger charge is -1.90. The van der Waals surface area contributed by atoms with Crippen LogP contribution in [0.25, 0.3) is 0 Å². The third-order valence-electron chi connectivity index (χ3n) is 2.35. The molecule has 0 bridgehead atoms. The zero-order valence-corrected chi connectivity index (χ0v) is 7.53. The highest BCUT2D eigenvalue weighted by Gasteiger charge is 2.37. The first-order chi connectivity index (χ1) is 5.31. The molecule has 1 aromatic heterocycles. The van der Waals surface area contributed by atoms with E-state index in [9.17, 15) is 0 Å². The Morgan fingerprint density at radius 1 is 1.64 bits per heavy atom. The highest BCUT2D eigenvalue weighted by Crippen LogP contribution is 2.48. The van der Waals surface area contributed by atoms with E-state index < -0.39 is 0 Å². The number of hydrogen-bond acceptors (Lipinski definition) is 2. The van der Waals surface area contributed by atoms with E-state index in [4.69, 9.17) is 5.73 Å². The lowest BCUT2D eigenvalue weighted by Crippen LogP contribution is -2.01. The fourth-order valence-electron chi connectivity index (χ4n) is 1.51. The molecule has 0 aromatic carbocycles. The molecule has 2 N–H and O–H groups in total. The summed E-state index contributed by atoms with van der Waals surface area (Å²) in [6.07, 6.45) is 1.32. The molecule has 0 spiro atoms. The van der Waals surface area contributed by atoms with Crippen LogP contribution in [0.2, 0.25) is 0 Å². The molecule has 1 aromatic rings. The Kier molecular flexibility index (Phi) is 1.74. The van der Waals surface area contributed by atoms with Gasteiger partial charge >= 0.3 is 0 Å². The smallest absolute Gasteiger partial charge is 0.00823 e. The van der Waals surface area contributed by atoms with Crippen molar-refractivity contribution >= 4 is 11.3 Å². The summed E-state index contributed by atoms with van der Waals surface area (Å²) in [6, 6.07) is 4.45. The normalized spacial score (nSPS) is 28.9. The van der Waals surface area contributed by atoms with Crippen LogP contribution in [-0.2, 0) is 0 Å². The third kappa shape index (κ3) is 1.33. The molecule has 2 atom stereocenters. The van der Waals surface area contributed by atoms with Crippen molar-refractivity contribution in [2.24, 2.45) is 11.7 Å². The van der Waals surface area contributed by atoms with E-state index in [1.54, 1.807) is 0 Å². The Morgan fingerprint density at radius 3 is 2.91 bits per heavy atom. The highest BCUT2D eigenvalue weighted by atomic mass is 32.1. The van der Waals surface area contributed by atoms with Gasteiger partial charge in [0.25, 0.3) is 0 Å². The van der Waals surface area contributed by atoms with E-state index in [1.807, 2.05) is 11.3 Å².